The van der Waals surface area contributed by atoms with Crippen LogP contribution in [0.5, 0.6) is 5.75 Å². The zero-order chi connectivity index (χ0) is 12.3. The Bertz CT molecular complexity index is 556. The predicted molar refractivity (Wildman–Crippen MR) is 63.7 cm³/mol. The van der Waals surface area contributed by atoms with Gasteiger partial charge in [-0.15, -0.1) is 11.6 Å². The SMILES string of the molecule is CC(=O)OOc1ccc(CCl)c2cccnc12. The second kappa shape index (κ2) is 5.01. The van der Waals surface area contributed by atoms with Gasteiger partial charge in [0.15, 0.2) is 0 Å². The molecular formula is C12H10ClNO3. The van der Waals surface area contributed by atoms with Gasteiger partial charge in [-0.1, -0.05) is 12.1 Å². The number of nitrogens with zero attached hydrogens (tertiary/aromatic N) is 1. The summed E-state index contributed by atoms with van der Waals surface area (Å²) in [4.78, 5) is 24.3. The van der Waals surface area contributed by atoms with Crippen molar-refractivity contribution < 1.29 is 14.6 Å². The van der Waals surface area contributed by atoms with E-state index in [1.807, 2.05) is 18.2 Å². The highest BCUT2D eigenvalue weighted by Gasteiger charge is 2.09. The number of halogens is 1. The summed E-state index contributed by atoms with van der Waals surface area (Å²) in [7, 11) is 0. The number of carbonyl (C=O) groups excluding carboxylic acids is 1. The zero-order valence-electron chi connectivity index (χ0n) is 9.14. The van der Waals surface area contributed by atoms with Crippen molar-refractivity contribution in [2.24, 2.45) is 0 Å². The molecule has 1 aromatic heterocycles. The minimum absolute atomic E-state index is 0.385. The van der Waals surface area contributed by atoms with Crippen LogP contribution in [0.4, 0.5) is 0 Å². The van der Waals surface area contributed by atoms with Crippen LogP contribution in [0, 0.1) is 0 Å². The number of hydrogen-bond acceptors (Lipinski definition) is 4. The van der Waals surface area contributed by atoms with Gasteiger partial charge in [0, 0.05) is 24.4 Å². The Kier molecular flexibility index (Phi) is 3.44. The number of carbonyl (C=O) groups is 1. The van der Waals surface area contributed by atoms with E-state index >= 15 is 0 Å². The highest BCUT2D eigenvalue weighted by Crippen LogP contribution is 2.27. The minimum atomic E-state index is -0.518. The van der Waals surface area contributed by atoms with Crippen LogP contribution < -0.4 is 4.89 Å². The fourth-order valence-electron chi connectivity index (χ4n) is 1.49. The lowest BCUT2D eigenvalue weighted by molar-refractivity contribution is -0.210. The summed E-state index contributed by atoms with van der Waals surface area (Å²) in [6.07, 6.45) is 1.64. The lowest BCUT2D eigenvalue weighted by Crippen LogP contribution is -2.03. The maximum Gasteiger partial charge on any atom is 0.352 e. The Hall–Kier alpha value is -1.81. The smallest absolute Gasteiger partial charge is 0.285 e. The van der Waals surface area contributed by atoms with Gasteiger partial charge in [0.1, 0.15) is 5.52 Å². The third-order valence-corrected chi connectivity index (χ3v) is 2.50. The summed E-state index contributed by atoms with van der Waals surface area (Å²) in [6.45, 7) is 1.27. The molecule has 0 radical (unpaired) electrons. The largest absolute Gasteiger partial charge is 0.352 e. The van der Waals surface area contributed by atoms with Crippen molar-refractivity contribution in [2.45, 2.75) is 12.8 Å². The van der Waals surface area contributed by atoms with Crippen LogP contribution in [0.25, 0.3) is 10.9 Å². The summed E-state index contributed by atoms with van der Waals surface area (Å²) in [5.74, 6) is 0.260. The maximum atomic E-state index is 10.7. The number of fused-ring (bicyclic) bond motifs is 1. The van der Waals surface area contributed by atoms with Gasteiger partial charge < -0.3 is 0 Å². The number of alkyl halides is 1. The van der Waals surface area contributed by atoms with E-state index < -0.39 is 5.97 Å². The van der Waals surface area contributed by atoms with Crippen LogP contribution in [-0.2, 0) is 15.6 Å². The maximum absolute atomic E-state index is 10.7. The molecule has 1 aromatic carbocycles. The lowest BCUT2D eigenvalue weighted by atomic mass is 10.1. The van der Waals surface area contributed by atoms with E-state index in [1.54, 1.807) is 12.3 Å². The topological polar surface area (TPSA) is 48.4 Å². The van der Waals surface area contributed by atoms with Crippen molar-refractivity contribution in [2.75, 3.05) is 0 Å². The fraction of sp³-hybridized carbons (Fsp3) is 0.167. The molecule has 0 aliphatic carbocycles. The van der Waals surface area contributed by atoms with Gasteiger partial charge >= 0.3 is 5.97 Å². The van der Waals surface area contributed by atoms with Gasteiger partial charge in [-0.3, -0.25) is 14.8 Å². The first kappa shape index (κ1) is 11.7. The molecule has 4 nitrogen and oxygen atoms in total. The van der Waals surface area contributed by atoms with Crippen LogP contribution in [0.1, 0.15) is 12.5 Å². The van der Waals surface area contributed by atoms with Crippen molar-refractivity contribution in [3.8, 4) is 5.75 Å². The quantitative estimate of drug-likeness (QED) is 0.478. The van der Waals surface area contributed by atoms with Crippen LogP contribution in [-0.4, -0.2) is 11.0 Å². The van der Waals surface area contributed by atoms with E-state index in [1.165, 1.54) is 6.92 Å². The van der Waals surface area contributed by atoms with Crippen LogP contribution in [0.3, 0.4) is 0 Å². The first-order chi connectivity index (χ1) is 8.22. The molecular weight excluding hydrogens is 242 g/mol. The molecule has 17 heavy (non-hydrogen) atoms. The standard InChI is InChI=1S/C12H10ClNO3/c1-8(15)16-17-11-5-4-9(7-13)10-3-2-6-14-12(10)11/h2-6H,7H2,1H3. The Morgan fingerprint density at radius 2 is 2.24 bits per heavy atom. The predicted octanol–water partition coefficient (Wildman–Crippen LogP) is 2.83. The first-order valence-corrected chi connectivity index (χ1v) is 5.53. The molecule has 88 valence electrons. The highest BCUT2D eigenvalue weighted by molar-refractivity contribution is 6.18. The van der Waals surface area contributed by atoms with Crippen LogP contribution in [0.2, 0.25) is 0 Å². The van der Waals surface area contributed by atoms with Crippen LogP contribution >= 0.6 is 11.6 Å². The molecule has 0 saturated heterocycles. The summed E-state index contributed by atoms with van der Waals surface area (Å²) >= 11 is 5.83. The van der Waals surface area contributed by atoms with Crippen molar-refractivity contribution in [3.63, 3.8) is 0 Å². The number of rotatable bonds is 3. The summed E-state index contributed by atoms with van der Waals surface area (Å²) in [5.41, 5.74) is 1.57. The van der Waals surface area contributed by atoms with Gasteiger partial charge in [0.25, 0.3) is 0 Å². The first-order valence-electron chi connectivity index (χ1n) is 5.00. The zero-order valence-corrected chi connectivity index (χ0v) is 9.90. The third kappa shape index (κ3) is 2.47. The van der Waals surface area contributed by atoms with Gasteiger partial charge in [0.05, 0.1) is 0 Å². The second-order valence-electron chi connectivity index (χ2n) is 3.41. The third-order valence-electron chi connectivity index (χ3n) is 2.22. The average Bonchev–Trinajstić information content (AvgIpc) is 2.35. The molecule has 2 aromatic rings. The molecule has 0 amide bonds. The summed E-state index contributed by atoms with van der Waals surface area (Å²) < 4.78 is 0. The molecule has 0 bridgehead atoms. The number of pyridine rings is 1. The number of aromatic nitrogens is 1. The molecule has 0 fully saturated rings. The van der Waals surface area contributed by atoms with E-state index in [4.69, 9.17) is 16.5 Å². The molecule has 0 unspecified atom stereocenters. The van der Waals surface area contributed by atoms with Crippen molar-refractivity contribution in [3.05, 3.63) is 36.0 Å². The van der Waals surface area contributed by atoms with Crippen molar-refractivity contribution in [1.82, 2.24) is 4.98 Å². The van der Waals surface area contributed by atoms with E-state index in [-0.39, 0.29) is 0 Å². The Morgan fingerprint density at radius 1 is 1.41 bits per heavy atom. The van der Waals surface area contributed by atoms with Crippen molar-refractivity contribution in [1.29, 1.82) is 0 Å². The minimum Gasteiger partial charge on any atom is -0.285 e. The van der Waals surface area contributed by atoms with E-state index in [0.29, 0.717) is 17.1 Å². The fourth-order valence-corrected chi connectivity index (χ4v) is 1.73. The molecule has 0 spiro atoms. The van der Waals surface area contributed by atoms with Crippen LogP contribution in [0.15, 0.2) is 30.5 Å². The van der Waals surface area contributed by atoms with Gasteiger partial charge in [-0.2, -0.15) is 0 Å². The normalized spacial score (nSPS) is 10.2. The molecule has 0 atom stereocenters. The van der Waals surface area contributed by atoms with Gasteiger partial charge in [0.2, 0.25) is 5.75 Å². The Balaban J connectivity index is 2.47. The van der Waals surface area contributed by atoms with E-state index in [2.05, 4.69) is 9.87 Å². The molecule has 0 saturated carbocycles. The lowest BCUT2D eigenvalue weighted by Gasteiger charge is -2.07. The highest BCUT2D eigenvalue weighted by atomic mass is 35.5. The molecule has 1 heterocycles. The molecule has 0 N–H and O–H groups in total. The summed E-state index contributed by atoms with van der Waals surface area (Å²) in [6, 6.07) is 7.19. The van der Waals surface area contributed by atoms with Gasteiger partial charge in [-0.25, -0.2) is 4.79 Å². The molecule has 2 rings (SSSR count). The van der Waals surface area contributed by atoms with E-state index in [0.717, 1.165) is 10.9 Å². The number of hydrogen-bond donors (Lipinski definition) is 0. The second-order valence-corrected chi connectivity index (χ2v) is 3.68. The van der Waals surface area contributed by atoms with Gasteiger partial charge in [-0.05, 0) is 17.7 Å². The van der Waals surface area contributed by atoms with Crippen molar-refractivity contribution >= 4 is 28.5 Å². The molecule has 0 aliphatic heterocycles. The van der Waals surface area contributed by atoms with E-state index in [9.17, 15) is 4.79 Å². The number of benzene rings is 1. The molecule has 0 aliphatic rings. The molecule has 5 heteroatoms. The Morgan fingerprint density at radius 3 is 2.94 bits per heavy atom. The monoisotopic (exact) mass is 251 g/mol. The summed E-state index contributed by atoms with van der Waals surface area (Å²) in [5, 5.41) is 0.882. The Labute approximate surface area is 103 Å². The average molecular weight is 252 g/mol.